The van der Waals surface area contributed by atoms with Crippen molar-refractivity contribution in [1.29, 1.82) is 0 Å². The molecule has 4 heteroatoms. The minimum atomic E-state index is -0.187. The van der Waals surface area contributed by atoms with Crippen LogP contribution in [-0.4, -0.2) is 25.4 Å². The molecule has 1 heterocycles. The predicted octanol–water partition coefficient (Wildman–Crippen LogP) is 3.77. The van der Waals surface area contributed by atoms with Gasteiger partial charge in [0.05, 0.1) is 0 Å². The van der Waals surface area contributed by atoms with E-state index in [2.05, 4.69) is 62.3 Å². The van der Waals surface area contributed by atoms with E-state index in [1.54, 1.807) is 0 Å². The second-order valence-corrected chi connectivity index (χ2v) is 8.27. The molecule has 18 heavy (non-hydrogen) atoms. The molecule has 0 spiro atoms. The van der Waals surface area contributed by atoms with Gasteiger partial charge in [-0.25, -0.2) is 0 Å². The van der Waals surface area contributed by atoms with Gasteiger partial charge < -0.3 is 9.31 Å². The van der Waals surface area contributed by atoms with Gasteiger partial charge in [-0.2, -0.15) is 0 Å². The topological polar surface area (TPSA) is 18.5 Å². The molecule has 1 radical (unpaired) electrons. The van der Waals surface area contributed by atoms with E-state index in [9.17, 15) is 0 Å². The Bertz CT molecular complexity index is 287. The third-order valence-electron chi connectivity index (χ3n) is 5.11. The van der Waals surface area contributed by atoms with Crippen molar-refractivity contribution in [3.05, 3.63) is 0 Å². The van der Waals surface area contributed by atoms with Crippen molar-refractivity contribution in [2.75, 3.05) is 0 Å². The van der Waals surface area contributed by atoms with Gasteiger partial charge in [0.2, 0.25) is 0 Å². The Morgan fingerprint density at radius 2 is 1.56 bits per heavy atom. The molecule has 1 saturated heterocycles. The standard InChI is InChI=1S/C14H29B2O2/c1-11(2,3)13(6,7)17-15-16-10-12(4,5)14(8,9)18-16/h10H2,1-9H3. The highest BCUT2D eigenvalue weighted by Gasteiger charge is 2.50. The molecular formula is C14H29B2O2. The molecule has 1 rings (SSSR count). The summed E-state index contributed by atoms with van der Waals surface area (Å²) in [5.74, 6) is 0. The highest BCUT2D eigenvalue weighted by Crippen LogP contribution is 2.45. The maximum atomic E-state index is 6.09. The summed E-state index contributed by atoms with van der Waals surface area (Å²) in [6, 6.07) is 0. The van der Waals surface area contributed by atoms with E-state index in [4.69, 9.17) is 9.31 Å². The third kappa shape index (κ3) is 3.14. The summed E-state index contributed by atoms with van der Waals surface area (Å²) in [6.07, 6.45) is 1.01. The maximum absolute atomic E-state index is 6.09. The van der Waals surface area contributed by atoms with E-state index in [1.807, 2.05) is 7.37 Å². The molecule has 0 N–H and O–H groups in total. The summed E-state index contributed by atoms with van der Waals surface area (Å²) in [4.78, 5) is 0. The zero-order valence-electron chi connectivity index (χ0n) is 13.7. The van der Waals surface area contributed by atoms with Gasteiger partial charge in [-0.15, -0.1) is 0 Å². The largest absolute Gasteiger partial charge is 0.442 e. The van der Waals surface area contributed by atoms with Crippen LogP contribution in [0.2, 0.25) is 6.32 Å². The number of hydrogen-bond acceptors (Lipinski definition) is 2. The summed E-state index contributed by atoms with van der Waals surface area (Å²) in [5.41, 5.74) is 0.00712. The molecule has 103 valence electrons. The lowest BCUT2D eigenvalue weighted by molar-refractivity contribution is 0.00347. The van der Waals surface area contributed by atoms with Gasteiger partial charge in [-0.1, -0.05) is 34.6 Å². The fourth-order valence-electron chi connectivity index (χ4n) is 1.83. The Balaban J connectivity index is 2.58. The number of hydrogen-bond donors (Lipinski definition) is 0. The molecule has 0 amide bonds. The quantitative estimate of drug-likeness (QED) is 0.710. The SMILES string of the molecule is CC(C)(C)C(C)(C)O[B]B1CC(C)(C)C(C)(C)O1. The number of rotatable bonds is 3. The Kier molecular flexibility index (Phi) is 4.08. The van der Waals surface area contributed by atoms with Crippen molar-refractivity contribution in [2.45, 2.75) is 79.8 Å². The highest BCUT2D eigenvalue weighted by atomic mass is 16.5. The third-order valence-corrected chi connectivity index (χ3v) is 5.11. The smallest absolute Gasteiger partial charge is 0.290 e. The fraction of sp³-hybridized carbons (Fsp3) is 1.00. The lowest BCUT2D eigenvalue weighted by Gasteiger charge is -2.39. The van der Waals surface area contributed by atoms with Gasteiger partial charge >= 0.3 is 0 Å². The Morgan fingerprint density at radius 3 is 1.89 bits per heavy atom. The molecule has 0 bridgehead atoms. The predicted molar refractivity (Wildman–Crippen MR) is 79.9 cm³/mol. The summed E-state index contributed by atoms with van der Waals surface area (Å²) >= 11 is 0. The molecule has 0 aromatic carbocycles. The average molecular weight is 251 g/mol. The van der Waals surface area contributed by atoms with Crippen molar-refractivity contribution < 1.29 is 9.31 Å². The minimum absolute atomic E-state index is 0.0938. The van der Waals surface area contributed by atoms with E-state index < -0.39 is 0 Å². The maximum Gasteiger partial charge on any atom is 0.290 e. The van der Waals surface area contributed by atoms with Crippen LogP contribution >= 0.6 is 0 Å². The molecule has 1 fully saturated rings. The van der Waals surface area contributed by atoms with Crippen molar-refractivity contribution >= 4 is 14.2 Å². The summed E-state index contributed by atoms with van der Waals surface area (Å²) in [6.45, 7) is 19.8. The van der Waals surface area contributed by atoms with Crippen LogP contribution in [-0.2, 0) is 9.31 Å². The first-order chi connectivity index (χ1) is 7.79. The monoisotopic (exact) mass is 251 g/mol. The van der Waals surface area contributed by atoms with Crippen molar-refractivity contribution in [1.82, 2.24) is 0 Å². The van der Waals surface area contributed by atoms with E-state index in [1.165, 1.54) is 0 Å². The van der Waals surface area contributed by atoms with Gasteiger partial charge in [0.25, 0.3) is 14.2 Å². The lowest BCUT2D eigenvalue weighted by atomic mass is 9.38. The van der Waals surface area contributed by atoms with E-state index in [-0.39, 0.29) is 28.8 Å². The highest BCUT2D eigenvalue weighted by molar-refractivity contribution is 7.06. The molecule has 0 saturated carbocycles. The average Bonchev–Trinajstić information content (AvgIpc) is 2.30. The van der Waals surface area contributed by atoms with Crippen LogP contribution < -0.4 is 0 Å². The van der Waals surface area contributed by atoms with Gasteiger partial charge in [0.1, 0.15) is 0 Å². The first kappa shape index (κ1) is 16.1. The van der Waals surface area contributed by atoms with Crippen LogP contribution in [0.3, 0.4) is 0 Å². The second kappa shape index (κ2) is 4.56. The zero-order chi connectivity index (χ0) is 14.4. The molecule has 1 aliphatic rings. The van der Waals surface area contributed by atoms with Crippen LogP contribution in [0.1, 0.15) is 62.3 Å². The van der Waals surface area contributed by atoms with Crippen molar-refractivity contribution in [3.8, 4) is 0 Å². The van der Waals surface area contributed by atoms with E-state index >= 15 is 0 Å². The van der Waals surface area contributed by atoms with Crippen LogP contribution in [0, 0.1) is 10.8 Å². The Morgan fingerprint density at radius 1 is 1.06 bits per heavy atom. The molecule has 2 nitrogen and oxygen atoms in total. The van der Waals surface area contributed by atoms with Gasteiger partial charge in [0.15, 0.2) is 0 Å². The van der Waals surface area contributed by atoms with Crippen LogP contribution in [0.5, 0.6) is 0 Å². The molecule has 0 aromatic heterocycles. The van der Waals surface area contributed by atoms with Crippen LogP contribution in [0.25, 0.3) is 0 Å². The van der Waals surface area contributed by atoms with Crippen LogP contribution in [0.15, 0.2) is 0 Å². The molecule has 0 aliphatic carbocycles. The first-order valence-corrected chi connectivity index (χ1v) is 6.97. The molecule has 0 unspecified atom stereocenters. The second-order valence-electron chi connectivity index (χ2n) is 8.27. The van der Waals surface area contributed by atoms with Crippen molar-refractivity contribution in [3.63, 3.8) is 0 Å². The molecular weight excluding hydrogens is 222 g/mol. The minimum Gasteiger partial charge on any atom is -0.442 e. The van der Waals surface area contributed by atoms with E-state index in [0.717, 1.165) is 6.32 Å². The van der Waals surface area contributed by atoms with Gasteiger partial charge in [0, 0.05) is 11.2 Å². The lowest BCUT2D eigenvalue weighted by Crippen LogP contribution is -2.44. The summed E-state index contributed by atoms with van der Waals surface area (Å²) < 4.78 is 12.1. The Labute approximate surface area is 115 Å². The molecule has 0 aromatic rings. The van der Waals surface area contributed by atoms with Crippen molar-refractivity contribution in [2.24, 2.45) is 10.8 Å². The molecule has 0 atom stereocenters. The Hall–Kier alpha value is 0.0499. The zero-order valence-corrected chi connectivity index (χ0v) is 13.7. The van der Waals surface area contributed by atoms with Gasteiger partial charge in [-0.05, 0) is 44.8 Å². The molecule has 1 aliphatic heterocycles. The van der Waals surface area contributed by atoms with E-state index in [0.29, 0.717) is 0 Å². The first-order valence-electron chi connectivity index (χ1n) is 6.97. The van der Waals surface area contributed by atoms with Crippen LogP contribution in [0.4, 0.5) is 0 Å². The summed E-state index contributed by atoms with van der Waals surface area (Å²) in [7, 11) is 1.90. The fourth-order valence-corrected chi connectivity index (χ4v) is 1.83. The summed E-state index contributed by atoms with van der Waals surface area (Å²) in [5, 5.41) is 0. The normalized spacial score (nSPS) is 23.3. The van der Waals surface area contributed by atoms with Gasteiger partial charge in [-0.3, -0.25) is 0 Å².